The molecule has 9 heteroatoms. The molecule has 0 radical (unpaired) electrons. The van der Waals surface area contributed by atoms with E-state index in [1.165, 1.54) is 10.6 Å². The number of pyridine rings is 1. The molecule has 1 aliphatic rings. The Morgan fingerprint density at radius 3 is 2.96 bits per heavy atom. The van der Waals surface area contributed by atoms with Gasteiger partial charge in [0.2, 0.25) is 10.0 Å². The lowest BCUT2D eigenvalue weighted by molar-refractivity contribution is 0.0945. The first-order chi connectivity index (χ1) is 12.9. The highest BCUT2D eigenvalue weighted by Gasteiger charge is 2.30. The van der Waals surface area contributed by atoms with Crippen molar-refractivity contribution in [1.29, 1.82) is 0 Å². The number of nitrogens with zero attached hydrogens (tertiary/aromatic N) is 3. The standard InChI is InChI=1S/C18H26N4O4S/c1-26-12-6-9-19-18(23)16-15-8-3-4-11-22(15)17(20-16)14-7-5-10-21(13-14)27(2,24)25/h3-4,8,11,14H,5-7,9-10,12-13H2,1-2H3,(H,19,23)/t14-/m1/s1. The van der Waals surface area contributed by atoms with E-state index in [1.807, 2.05) is 28.8 Å². The normalized spacial score (nSPS) is 18.7. The van der Waals surface area contributed by atoms with Gasteiger partial charge in [0, 0.05) is 45.5 Å². The zero-order valence-corrected chi connectivity index (χ0v) is 16.5. The fourth-order valence-electron chi connectivity index (χ4n) is 3.47. The molecular weight excluding hydrogens is 368 g/mol. The van der Waals surface area contributed by atoms with Crippen LogP contribution in [0.4, 0.5) is 0 Å². The number of ether oxygens (including phenoxy) is 1. The fraction of sp³-hybridized carbons (Fsp3) is 0.556. The average molecular weight is 394 g/mol. The maximum atomic E-state index is 12.6. The van der Waals surface area contributed by atoms with Crippen LogP contribution in [0.25, 0.3) is 5.52 Å². The lowest BCUT2D eigenvalue weighted by atomic mass is 9.99. The van der Waals surface area contributed by atoms with E-state index < -0.39 is 10.0 Å². The third-order valence-electron chi connectivity index (χ3n) is 4.82. The van der Waals surface area contributed by atoms with E-state index in [0.29, 0.717) is 31.9 Å². The number of hydrogen-bond donors (Lipinski definition) is 1. The van der Waals surface area contributed by atoms with Crippen LogP contribution < -0.4 is 5.32 Å². The first-order valence-corrected chi connectivity index (χ1v) is 11.0. The SMILES string of the molecule is COCCCNC(=O)c1nc([C@@H]2CCCN(S(C)(=O)=O)C2)n2ccccc12. The third kappa shape index (κ3) is 4.48. The number of amides is 1. The van der Waals surface area contributed by atoms with Gasteiger partial charge in [-0.25, -0.2) is 17.7 Å². The van der Waals surface area contributed by atoms with Crippen molar-refractivity contribution in [3.63, 3.8) is 0 Å². The Bertz CT molecular complexity index is 909. The third-order valence-corrected chi connectivity index (χ3v) is 6.09. The van der Waals surface area contributed by atoms with Gasteiger partial charge in [0.1, 0.15) is 5.82 Å². The topological polar surface area (TPSA) is 93.0 Å². The van der Waals surface area contributed by atoms with Gasteiger partial charge in [0.25, 0.3) is 5.91 Å². The molecule has 0 bridgehead atoms. The van der Waals surface area contributed by atoms with Crippen LogP contribution in [0, 0.1) is 0 Å². The number of sulfonamides is 1. The van der Waals surface area contributed by atoms with Crippen molar-refractivity contribution in [2.24, 2.45) is 0 Å². The van der Waals surface area contributed by atoms with Gasteiger partial charge in [-0.15, -0.1) is 0 Å². The van der Waals surface area contributed by atoms with E-state index in [1.54, 1.807) is 7.11 Å². The molecule has 1 saturated heterocycles. The molecule has 2 aromatic heterocycles. The van der Waals surface area contributed by atoms with Crippen LogP contribution >= 0.6 is 0 Å². The number of carbonyl (C=O) groups excluding carboxylic acids is 1. The summed E-state index contributed by atoms with van der Waals surface area (Å²) in [5.74, 6) is 0.469. The second-order valence-corrected chi connectivity index (χ2v) is 8.82. The predicted molar refractivity (Wildman–Crippen MR) is 102 cm³/mol. The van der Waals surface area contributed by atoms with Crippen molar-refractivity contribution in [2.75, 3.05) is 39.6 Å². The van der Waals surface area contributed by atoms with Crippen LogP contribution in [0.1, 0.15) is 41.5 Å². The number of fused-ring (bicyclic) bond motifs is 1. The summed E-state index contributed by atoms with van der Waals surface area (Å²) in [6.07, 6.45) is 5.45. The lowest BCUT2D eigenvalue weighted by Crippen LogP contribution is -2.38. The van der Waals surface area contributed by atoms with Crippen molar-refractivity contribution >= 4 is 21.4 Å². The Labute approximate surface area is 159 Å². The molecule has 1 fully saturated rings. The molecule has 0 saturated carbocycles. The second-order valence-electron chi connectivity index (χ2n) is 6.84. The molecule has 2 aromatic rings. The summed E-state index contributed by atoms with van der Waals surface area (Å²) in [4.78, 5) is 17.2. The van der Waals surface area contributed by atoms with Crippen molar-refractivity contribution < 1.29 is 17.9 Å². The number of methoxy groups -OCH3 is 1. The number of imidazole rings is 1. The largest absolute Gasteiger partial charge is 0.385 e. The zero-order chi connectivity index (χ0) is 19.4. The molecule has 3 heterocycles. The highest BCUT2D eigenvalue weighted by atomic mass is 32.2. The first-order valence-electron chi connectivity index (χ1n) is 9.11. The summed E-state index contributed by atoms with van der Waals surface area (Å²) >= 11 is 0. The average Bonchev–Trinajstić information content (AvgIpc) is 3.04. The van der Waals surface area contributed by atoms with Crippen molar-refractivity contribution in [2.45, 2.75) is 25.2 Å². The Hall–Kier alpha value is -1.97. The monoisotopic (exact) mass is 394 g/mol. The van der Waals surface area contributed by atoms with Gasteiger partial charge in [-0.3, -0.25) is 4.79 Å². The van der Waals surface area contributed by atoms with Crippen LogP contribution in [-0.2, 0) is 14.8 Å². The molecule has 8 nitrogen and oxygen atoms in total. The van der Waals surface area contributed by atoms with Gasteiger partial charge in [-0.05, 0) is 31.4 Å². The van der Waals surface area contributed by atoms with E-state index in [4.69, 9.17) is 4.74 Å². The van der Waals surface area contributed by atoms with E-state index in [0.717, 1.165) is 30.6 Å². The number of aromatic nitrogens is 2. The Kier molecular flexibility index (Phi) is 6.13. The van der Waals surface area contributed by atoms with Gasteiger partial charge < -0.3 is 14.5 Å². The summed E-state index contributed by atoms with van der Waals surface area (Å²) in [6.45, 7) is 2.02. The lowest BCUT2D eigenvalue weighted by Gasteiger charge is -2.30. The molecule has 0 aliphatic carbocycles. The Balaban J connectivity index is 1.87. The number of piperidine rings is 1. The molecule has 0 unspecified atom stereocenters. The number of carbonyl (C=O) groups is 1. The fourth-order valence-corrected chi connectivity index (χ4v) is 4.38. The van der Waals surface area contributed by atoms with Crippen LogP contribution in [-0.4, -0.2) is 67.6 Å². The van der Waals surface area contributed by atoms with E-state index in [2.05, 4.69) is 10.3 Å². The van der Waals surface area contributed by atoms with Gasteiger partial charge in [-0.2, -0.15) is 0 Å². The minimum absolute atomic E-state index is 0.0431. The van der Waals surface area contributed by atoms with Gasteiger partial charge >= 0.3 is 0 Å². The van der Waals surface area contributed by atoms with Gasteiger partial charge in [-0.1, -0.05) is 6.07 Å². The van der Waals surface area contributed by atoms with Crippen molar-refractivity contribution in [3.8, 4) is 0 Å². The molecule has 1 N–H and O–H groups in total. The number of nitrogens with one attached hydrogen (secondary N) is 1. The molecule has 148 valence electrons. The maximum Gasteiger partial charge on any atom is 0.272 e. The number of hydrogen-bond acceptors (Lipinski definition) is 5. The van der Waals surface area contributed by atoms with Crippen LogP contribution in [0.3, 0.4) is 0 Å². The molecule has 27 heavy (non-hydrogen) atoms. The summed E-state index contributed by atoms with van der Waals surface area (Å²) in [5, 5.41) is 2.87. The van der Waals surface area contributed by atoms with Crippen LogP contribution in [0.5, 0.6) is 0 Å². The van der Waals surface area contributed by atoms with Crippen molar-refractivity contribution in [3.05, 3.63) is 35.9 Å². The van der Waals surface area contributed by atoms with E-state index in [9.17, 15) is 13.2 Å². The highest BCUT2D eigenvalue weighted by molar-refractivity contribution is 7.88. The van der Waals surface area contributed by atoms with Gasteiger partial charge in [0.05, 0.1) is 11.8 Å². The Morgan fingerprint density at radius 2 is 2.22 bits per heavy atom. The second kappa shape index (κ2) is 8.37. The predicted octanol–water partition coefficient (Wildman–Crippen LogP) is 1.24. The quantitative estimate of drug-likeness (QED) is 0.713. The summed E-state index contributed by atoms with van der Waals surface area (Å²) in [5.41, 5.74) is 1.10. The smallest absolute Gasteiger partial charge is 0.272 e. The summed E-state index contributed by atoms with van der Waals surface area (Å²) in [7, 11) is -1.62. The van der Waals surface area contributed by atoms with Crippen LogP contribution in [0.2, 0.25) is 0 Å². The molecule has 1 aliphatic heterocycles. The van der Waals surface area contributed by atoms with E-state index >= 15 is 0 Å². The molecule has 1 amide bonds. The maximum absolute atomic E-state index is 12.6. The first kappa shape index (κ1) is 19.8. The molecular formula is C18H26N4O4S. The molecule has 0 spiro atoms. The van der Waals surface area contributed by atoms with Crippen molar-refractivity contribution in [1.82, 2.24) is 19.0 Å². The minimum atomic E-state index is -3.24. The zero-order valence-electron chi connectivity index (χ0n) is 15.7. The van der Waals surface area contributed by atoms with Crippen LogP contribution in [0.15, 0.2) is 24.4 Å². The summed E-state index contributed by atoms with van der Waals surface area (Å²) in [6, 6.07) is 5.61. The molecule has 1 atom stereocenters. The van der Waals surface area contributed by atoms with Gasteiger partial charge in [0.15, 0.2) is 5.69 Å². The molecule has 3 rings (SSSR count). The highest BCUT2D eigenvalue weighted by Crippen LogP contribution is 2.29. The Morgan fingerprint density at radius 1 is 1.41 bits per heavy atom. The van der Waals surface area contributed by atoms with E-state index in [-0.39, 0.29) is 11.8 Å². The number of rotatable bonds is 7. The minimum Gasteiger partial charge on any atom is -0.385 e. The molecule has 0 aromatic carbocycles. The summed E-state index contributed by atoms with van der Waals surface area (Å²) < 4.78 is 32.3.